The molecule has 92 valence electrons. The van der Waals surface area contributed by atoms with Crippen molar-refractivity contribution in [2.24, 2.45) is 11.7 Å². The first-order chi connectivity index (χ1) is 6.72. The SMILES string of the molecule is COC(C)(C)CCS(=O)(=O)CC(C)CN. The van der Waals surface area contributed by atoms with Crippen LogP contribution < -0.4 is 5.73 Å². The number of sulfone groups is 1. The summed E-state index contributed by atoms with van der Waals surface area (Å²) in [5.41, 5.74) is 5.02. The Hall–Kier alpha value is -0.130. The van der Waals surface area contributed by atoms with Crippen LogP contribution in [0.15, 0.2) is 0 Å². The lowest BCUT2D eigenvalue weighted by atomic mass is 10.1. The van der Waals surface area contributed by atoms with Gasteiger partial charge in [-0.1, -0.05) is 6.92 Å². The molecule has 0 spiro atoms. The predicted octanol–water partition coefficient (Wildman–Crippen LogP) is 0.811. The van der Waals surface area contributed by atoms with E-state index in [0.29, 0.717) is 13.0 Å². The first kappa shape index (κ1) is 14.9. The molecule has 0 bridgehead atoms. The minimum Gasteiger partial charge on any atom is -0.379 e. The highest BCUT2D eigenvalue weighted by atomic mass is 32.2. The van der Waals surface area contributed by atoms with Gasteiger partial charge in [0.25, 0.3) is 0 Å². The Balaban J connectivity index is 4.17. The van der Waals surface area contributed by atoms with E-state index in [9.17, 15) is 8.42 Å². The Kier molecular flexibility index (Phi) is 5.77. The number of methoxy groups -OCH3 is 1. The molecule has 1 atom stereocenters. The molecule has 15 heavy (non-hydrogen) atoms. The van der Waals surface area contributed by atoms with Crippen LogP contribution in [0.4, 0.5) is 0 Å². The van der Waals surface area contributed by atoms with E-state index in [2.05, 4.69) is 0 Å². The summed E-state index contributed by atoms with van der Waals surface area (Å²) in [6.45, 7) is 6.02. The van der Waals surface area contributed by atoms with E-state index in [1.807, 2.05) is 20.8 Å². The smallest absolute Gasteiger partial charge is 0.150 e. The Morgan fingerprint density at radius 1 is 1.40 bits per heavy atom. The molecule has 0 aliphatic carbocycles. The lowest BCUT2D eigenvalue weighted by Gasteiger charge is -2.22. The lowest BCUT2D eigenvalue weighted by molar-refractivity contribution is 0.0203. The van der Waals surface area contributed by atoms with E-state index >= 15 is 0 Å². The van der Waals surface area contributed by atoms with Gasteiger partial charge in [-0.15, -0.1) is 0 Å². The maximum Gasteiger partial charge on any atom is 0.150 e. The van der Waals surface area contributed by atoms with Gasteiger partial charge in [0.2, 0.25) is 0 Å². The summed E-state index contributed by atoms with van der Waals surface area (Å²) in [6.07, 6.45) is 0.517. The van der Waals surface area contributed by atoms with Gasteiger partial charge in [0.05, 0.1) is 17.1 Å². The highest BCUT2D eigenvalue weighted by Gasteiger charge is 2.22. The van der Waals surface area contributed by atoms with Gasteiger partial charge in [-0.3, -0.25) is 0 Å². The van der Waals surface area contributed by atoms with Gasteiger partial charge < -0.3 is 10.5 Å². The highest BCUT2D eigenvalue weighted by molar-refractivity contribution is 7.91. The molecule has 0 saturated heterocycles. The molecule has 5 heteroatoms. The standard InChI is InChI=1S/C10H23NO3S/c1-9(7-11)8-15(12,13)6-5-10(2,3)14-4/h9H,5-8,11H2,1-4H3. The molecule has 0 aromatic heterocycles. The van der Waals surface area contributed by atoms with Crippen molar-refractivity contribution < 1.29 is 13.2 Å². The summed E-state index contributed by atoms with van der Waals surface area (Å²) in [7, 11) is -1.40. The largest absolute Gasteiger partial charge is 0.379 e. The van der Waals surface area contributed by atoms with Crippen LogP contribution >= 0.6 is 0 Å². The van der Waals surface area contributed by atoms with Gasteiger partial charge in [-0.05, 0) is 32.7 Å². The Labute approximate surface area is 93.1 Å². The molecule has 0 fully saturated rings. The first-order valence-corrected chi connectivity index (χ1v) is 7.00. The predicted molar refractivity (Wildman–Crippen MR) is 62.6 cm³/mol. The number of rotatable bonds is 7. The van der Waals surface area contributed by atoms with Crippen molar-refractivity contribution in [3.63, 3.8) is 0 Å². The van der Waals surface area contributed by atoms with Gasteiger partial charge >= 0.3 is 0 Å². The van der Waals surface area contributed by atoms with Gasteiger partial charge in [-0.2, -0.15) is 0 Å². The fourth-order valence-corrected chi connectivity index (χ4v) is 3.06. The molecule has 0 heterocycles. The summed E-state index contributed by atoms with van der Waals surface area (Å²) < 4.78 is 28.5. The molecule has 0 aromatic carbocycles. The van der Waals surface area contributed by atoms with E-state index in [-0.39, 0.29) is 23.0 Å². The fraction of sp³-hybridized carbons (Fsp3) is 1.00. The molecule has 2 N–H and O–H groups in total. The topological polar surface area (TPSA) is 69.4 Å². The Bertz CT molecular complexity index is 272. The maximum absolute atomic E-state index is 11.7. The third-order valence-electron chi connectivity index (χ3n) is 2.51. The number of hydrogen-bond acceptors (Lipinski definition) is 4. The molecule has 0 aromatic rings. The van der Waals surface area contributed by atoms with Crippen molar-refractivity contribution in [1.82, 2.24) is 0 Å². The van der Waals surface area contributed by atoms with Crippen LogP contribution in [0, 0.1) is 5.92 Å². The van der Waals surface area contributed by atoms with E-state index in [1.54, 1.807) is 7.11 Å². The molecule has 0 aliphatic heterocycles. The van der Waals surface area contributed by atoms with Crippen LogP contribution in [-0.4, -0.2) is 39.2 Å². The normalized spacial score (nSPS) is 15.3. The summed E-state index contributed by atoms with van der Waals surface area (Å²) in [4.78, 5) is 0. The fourth-order valence-electron chi connectivity index (χ4n) is 1.09. The molecule has 0 saturated carbocycles. The quantitative estimate of drug-likeness (QED) is 0.711. The molecule has 0 radical (unpaired) electrons. The number of nitrogens with two attached hydrogens (primary N) is 1. The summed E-state index contributed by atoms with van der Waals surface area (Å²) in [5.74, 6) is 0.363. The van der Waals surface area contributed by atoms with Crippen LogP contribution in [0.25, 0.3) is 0 Å². The lowest BCUT2D eigenvalue weighted by Crippen LogP contribution is -2.29. The third kappa shape index (κ3) is 6.87. The van der Waals surface area contributed by atoms with Crippen LogP contribution in [0.2, 0.25) is 0 Å². The van der Waals surface area contributed by atoms with E-state index in [1.165, 1.54) is 0 Å². The van der Waals surface area contributed by atoms with Crippen LogP contribution in [0.3, 0.4) is 0 Å². The van der Waals surface area contributed by atoms with E-state index < -0.39 is 9.84 Å². The molecule has 4 nitrogen and oxygen atoms in total. The van der Waals surface area contributed by atoms with Crippen LogP contribution in [0.1, 0.15) is 27.2 Å². The second-order valence-corrected chi connectivity index (χ2v) is 6.90. The van der Waals surface area contributed by atoms with Crippen LogP contribution in [0.5, 0.6) is 0 Å². The van der Waals surface area contributed by atoms with Crippen molar-refractivity contribution in [2.75, 3.05) is 25.2 Å². The Morgan fingerprint density at radius 2 is 1.93 bits per heavy atom. The first-order valence-electron chi connectivity index (χ1n) is 5.18. The summed E-state index contributed by atoms with van der Waals surface area (Å²) in [5, 5.41) is 0. The summed E-state index contributed by atoms with van der Waals surface area (Å²) >= 11 is 0. The average molecular weight is 237 g/mol. The second kappa shape index (κ2) is 5.82. The van der Waals surface area contributed by atoms with Crippen molar-refractivity contribution in [3.8, 4) is 0 Å². The monoisotopic (exact) mass is 237 g/mol. The summed E-state index contributed by atoms with van der Waals surface area (Å²) in [6, 6.07) is 0. The number of hydrogen-bond donors (Lipinski definition) is 1. The van der Waals surface area contributed by atoms with Gasteiger partial charge in [-0.25, -0.2) is 8.42 Å². The molecule has 0 rings (SSSR count). The van der Waals surface area contributed by atoms with E-state index in [0.717, 1.165) is 0 Å². The van der Waals surface area contributed by atoms with Gasteiger partial charge in [0.15, 0.2) is 9.84 Å². The van der Waals surface area contributed by atoms with E-state index in [4.69, 9.17) is 10.5 Å². The van der Waals surface area contributed by atoms with Crippen molar-refractivity contribution in [3.05, 3.63) is 0 Å². The van der Waals surface area contributed by atoms with Crippen molar-refractivity contribution in [1.29, 1.82) is 0 Å². The minimum atomic E-state index is -3.00. The minimum absolute atomic E-state index is 0.0284. The zero-order valence-corrected chi connectivity index (χ0v) is 10.9. The molecule has 0 aliphatic rings. The second-order valence-electron chi connectivity index (χ2n) is 4.67. The molecular weight excluding hydrogens is 214 g/mol. The maximum atomic E-state index is 11.7. The molecular formula is C10H23NO3S. The Morgan fingerprint density at radius 3 is 2.33 bits per heavy atom. The van der Waals surface area contributed by atoms with Gasteiger partial charge in [0.1, 0.15) is 0 Å². The average Bonchev–Trinajstić information content (AvgIpc) is 2.14. The van der Waals surface area contributed by atoms with Gasteiger partial charge in [0, 0.05) is 7.11 Å². The zero-order valence-electron chi connectivity index (χ0n) is 10.1. The van der Waals surface area contributed by atoms with Crippen LogP contribution in [-0.2, 0) is 14.6 Å². The molecule has 0 amide bonds. The number of ether oxygens (including phenoxy) is 1. The zero-order chi connectivity index (χ0) is 12.1. The molecule has 1 unspecified atom stereocenters. The third-order valence-corrected chi connectivity index (χ3v) is 4.41. The van der Waals surface area contributed by atoms with Crippen molar-refractivity contribution in [2.45, 2.75) is 32.8 Å². The van der Waals surface area contributed by atoms with Crippen molar-refractivity contribution >= 4 is 9.84 Å². The highest BCUT2D eigenvalue weighted by Crippen LogP contribution is 2.15.